The average Bonchev–Trinajstić information content (AvgIpc) is 2.81. The van der Waals surface area contributed by atoms with Crippen LogP contribution in [0.3, 0.4) is 0 Å². The quantitative estimate of drug-likeness (QED) is 0.775. The number of phenols is 1. The molecule has 0 unspecified atom stereocenters. The minimum Gasteiger partial charge on any atom is -0.508 e. The zero-order valence-electron chi connectivity index (χ0n) is 12.3. The fourth-order valence-corrected chi connectivity index (χ4v) is 2.67. The van der Waals surface area contributed by atoms with Gasteiger partial charge in [-0.3, -0.25) is 0 Å². The van der Waals surface area contributed by atoms with Gasteiger partial charge in [-0.2, -0.15) is 0 Å². The van der Waals surface area contributed by atoms with Crippen molar-refractivity contribution in [3.05, 3.63) is 59.8 Å². The molecule has 0 atom stereocenters. The van der Waals surface area contributed by atoms with E-state index in [0.29, 0.717) is 12.4 Å². The predicted octanol–water partition coefficient (Wildman–Crippen LogP) is 4.25. The Morgan fingerprint density at radius 1 is 1.10 bits per heavy atom. The Balaban J connectivity index is 1.89. The first-order chi connectivity index (χ1) is 10.2. The highest BCUT2D eigenvalue weighted by atomic mass is 16.5. The summed E-state index contributed by atoms with van der Waals surface area (Å²) in [7, 11) is 0. The van der Waals surface area contributed by atoms with Gasteiger partial charge >= 0.3 is 0 Å². The van der Waals surface area contributed by atoms with Crippen molar-refractivity contribution in [1.82, 2.24) is 4.57 Å². The van der Waals surface area contributed by atoms with E-state index in [0.717, 1.165) is 12.2 Å². The number of fused-ring (bicyclic) bond motifs is 1. The molecule has 0 saturated heterocycles. The molecule has 3 rings (SSSR count). The molecule has 0 bridgehead atoms. The highest BCUT2D eigenvalue weighted by molar-refractivity contribution is 5.82. The van der Waals surface area contributed by atoms with Gasteiger partial charge in [0.25, 0.3) is 0 Å². The lowest BCUT2D eigenvalue weighted by molar-refractivity contribution is 0.294. The highest BCUT2D eigenvalue weighted by Gasteiger charge is 2.08. The van der Waals surface area contributed by atoms with Crippen molar-refractivity contribution >= 4 is 10.9 Å². The molecule has 0 aliphatic rings. The maximum absolute atomic E-state index is 9.47. The molecule has 108 valence electrons. The maximum Gasteiger partial charge on any atom is 0.128 e. The molecule has 0 spiro atoms. The van der Waals surface area contributed by atoms with E-state index in [4.69, 9.17) is 4.74 Å². The van der Waals surface area contributed by atoms with E-state index in [9.17, 15) is 5.11 Å². The lowest BCUT2D eigenvalue weighted by Gasteiger charge is -2.10. The second kappa shape index (κ2) is 5.52. The highest BCUT2D eigenvalue weighted by Crippen LogP contribution is 2.24. The SMILES string of the molecule is CCn1c(COc2cccc(O)c2)cc2cc(C)ccc21. The van der Waals surface area contributed by atoms with Gasteiger partial charge in [0.05, 0.1) is 5.69 Å². The number of nitrogens with zero attached hydrogens (tertiary/aromatic N) is 1. The Kier molecular flexibility index (Phi) is 3.57. The smallest absolute Gasteiger partial charge is 0.128 e. The lowest BCUT2D eigenvalue weighted by atomic mass is 10.2. The van der Waals surface area contributed by atoms with Gasteiger partial charge in [-0.05, 0) is 44.2 Å². The van der Waals surface area contributed by atoms with Crippen LogP contribution in [0, 0.1) is 6.92 Å². The molecule has 0 radical (unpaired) electrons. The van der Waals surface area contributed by atoms with Gasteiger partial charge in [0.2, 0.25) is 0 Å². The zero-order chi connectivity index (χ0) is 14.8. The second-order valence-corrected chi connectivity index (χ2v) is 5.23. The van der Waals surface area contributed by atoms with Gasteiger partial charge in [-0.25, -0.2) is 0 Å². The first-order valence-corrected chi connectivity index (χ1v) is 7.18. The molecule has 1 heterocycles. The van der Waals surface area contributed by atoms with Crippen LogP contribution in [0.1, 0.15) is 18.2 Å². The van der Waals surface area contributed by atoms with Crippen LogP contribution in [0.2, 0.25) is 0 Å². The van der Waals surface area contributed by atoms with Crippen LogP contribution in [0.4, 0.5) is 0 Å². The molecule has 0 saturated carbocycles. The number of phenolic OH excluding ortho intramolecular Hbond substituents is 1. The van der Waals surface area contributed by atoms with E-state index in [1.807, 2.05) is 6.07 Å². The van der Waals surface area contributed by atoms with Gasteiger partial charge in [0.15, 0.2) is 0 Å². The summed E-state index contributed by atoms with van der Waals surface area (Å²) >= 11 is 0. The summed E-state index contributed by atoms with van der Waals surface area (Å²) in [6.07, 6.45) is 0. The molecular formula is C18H19NO2. The first kappa shape index (κ1) is 13.6. The second-order valence-electron chi connectivity index (χ2n) is 5.23. The molecule has 0 aliphatic carbocycles. The third-order valence-corrected chi connectivity index (χ3v) is 3.66. The van der Waals surface area contributed by atoms with Crippen molar-refractivity contribution in [2.75, 3.05) is 0 Å². The Morgan fingerprint density at radius 3 is 2.71 bits per heavy atom. The average molecular weight is 281 g/mol. The molecule has 0 amide bonds. The molecule has 3 nitrogen and oxygen atoms in total. The van der Waals surface area contributed by atoms with Gasteiger partial charge in [0.1, 0.15) is 18.1 Å². The number of rotatable bonds is 4. The number of hydrogen-bond acceptors (Lipinski definition) is 2. The molecular weight excluding hydrogens is 262 g/mol. The van der Waals surface area contributed by atoms with Crippen LogP contribution in [-0.4, -0.2) is 9.67 Å². The molecule has 2 aromatic carbocycles. The van der Waals surface area contributed by atoms with Crippen molar-refractivity contribution in [3.63, 3.8) is 0 Å². The van der Waals surface area contributed by atoms with E-state index in [1.54, 1.807) is 18.2 Å². The largest absolute Gasteiger partial charge is 0.508 e. The topological polar surface area (TPSA) is 34.4 Å². The molecule has 0 aliphatic heterocycles. The predicted molar refractivity (Wildman–Crippen MR) is 84.8 cm³/mol. The van der Waals surface area contributed by atoms with Crippen molar-refractivity contribution in [1.29, 1.82) is 0 Å². The van der Waals surface area contributed by atoms with Crippen molar-refractivity contribution < 1.29 is 9.84 Å². The molecule has 3 aromatic rings. The van der Waals surface area contributed by atoms with Crippen LogP contribution < -0.4 is 4.74 Å². The third kappa shape index (κ3) is 2.72. The van der Waals surface area contributed by atoms with E-state index in [2.05, 4.69) is 42.7 Å². The number of benzene rings is 2. The van der Waals surface area contributed by atoms with Crippen molar-refractivity contribution in [2.45, 2.75) is 27.0 Å². The summed E-state index contributed by atoms with van der Waals surface area (Å²) in [5.74, 6) is 0.901. The van der Waals surface area contributed by atoms with Gasteiger partial charge in [-0.1, -0.05) is 17.7 Å². The van der Waals surface area contributed by atoms with E-state index < -0.39 is 0 Å². The van der Waals surface area contributed by atoms with Crippen molar-refractivity contribution in [3.8, 4) is 11.5 Å². The lowest BCUT2D eigenvalue weighted by Crippen LogP contribution is -2.04. The molecule has 1 N–H and O–H groups in total. The van der Waals surface area contributed by atoms with Crippen LogP contribution in [0.25, 0.3) is 10.9 Å². The van der Waals surface area contributed by atoms with Crippen LogP contribution in [0.5, 0.6) is 11.5 Å². The van der Waals surface area contributed by atoms with E-state index in [1.165, 1.54) is 16.5 Å². The van der Waals surface area contributed by atoms with Crippen molar-refractivity contribution in [2.24, 2.45) is 0 Å². The van der Waals surface area contributed by atoms with Crippen LogP contribution in [0.15, 0.2) is 48.5 Å². The van der Waals surface area contributed by atoms with Crippen LogP contribution >= 0.6 is 0 Å². The number of aromatic hydroxyl groups is 1. The summed E-state index contributed by atoms with van der Waals surface area (Å²) in [4.78, 5) is 0. The van der Waals surface area contributed by atoms with Gasteiger partial charge in [-0.15, -0.1) is 0 Å². The maximum atomic E-state index is 9.47. The third-order valence-electron chi connectivity index (χ3n) is 3.66. The first-order valence-electron chi connectivity index (χ1n) is 7.18. The Bertz CT molecular complexity index is 774. The Labute approximate surface area is 124 Å². The summed E-state index contributed by atoms with van der Waals surface area (Å²) in [5, 5.41) is 10.7. The van der Waals surface area contributed by atoms with Crippen LogP contribution in [-0.2, 0) is 13.2 Å². The molecule has 1 aromatic heterocycles. The Morgan fingerprint density at radius 2 is 1.95 bits per heavy atom. The normalized spacial score (nSPS) is 11.0. The summed E-state index contributed by atoms with van der Waals surface area (Å²) in [6.45, 7) is 5.64. The minimum absolute atomic E-state index is 0.221. The van der Waals surface area contributed by atoms with Gasteiger partial charge in [0, 0.05) is 23.5 Å². The van der Waals surface area contributed by atoms with Gasteiger partial charge < -0.3 is 14.4 Å². The molecule has 0 fully saturated rings. The number of hydrogen-bond donors (Lipinski definition) is 1. The summed E-state index contributed by atoms with van der Waals surface area (Å²) in [5.41, 5.74) is 3.63. The van der Waals surface area contributed by atoms with E-state index in [-0.39, 0.29) is 5.75 Å². The molecule has 21 heavy (non-hydrogen) atoms. The fraction of sp³-hybridized carbons (Fsp3) is 0.222. The number of ether oxygens (including phenoxy) is 1. The standard InChI is InChI=1S/C18H19NO2/c1-3-19-15(10-14-9-13(2)7-8-18(14)19)12-21-17-6-4-5-16(20)11-17/h4-11,20H,3,12H2,1-2H3. The monoisotopic (exact) mass is 281 g/mol. The zero-order valence-corrected chi connectivity index (χ0v) is 12.3. The van der Waals surface area contributed by atoms with E-state index >= 15 is 0 Å². The fourth-order valence-electron chi connectivity index (χ4n) is 2.67. The number of aromatic nitrogens is 1. The number of aryl methyl sites for hydroxylation is 2. The summed E-state index contributed by atoms with van der Waals surface area (Å²) < 4.78 is 8.06. The Hall–Kier alpha value is -2.42. The minimum atomic E-state index is 0.221. The summed E-state index contributed by atoms with van der Waals surface area (Å²) in [6, 6.07) is 15.6. The molecule has 3 heteroatoms.